The van der Waals surface area contributed by atoms with Gasteiger partial charge in [0.2, 0.25) is 0 Å². The second kappa shape index (κ2) is 5.00. The standard InChI is InChI=1S/C13H17NO2S/c1-13(6-3-7-17-13)9-14-12(16)10-4-2-5-11(15)8-10/h2,4-5,8,15H,3,6-7,9H2,1H3,(H,14,16). The minimum absolute atomic E-state index is 0.116. The van der Waals surface area contributed by atoms with Crippen molar-refractivity contribution in [3.63, 3.8) is 0 Å². The molecule has 1 aliphatic heterocycles. The topological polar surface area (TPSA) is 49.3 Å². The Kier molecular flexibility index (Phi) is 3.62. The van der Waals surface area contributed by atoms with Crippen LogP contribution in [-0.4, -0.2) is 28.1 Å². The molecule has 92 valence electrons. The molecule has 3 nitrogen and oxygen atoms in total. The van der Waals surface area contributed by atoms with Crippen LogP contribution in [0.15, 0.2) is 24.3 Å². The zero-order valence-electron chi connectivity index (χ0n) is 9.90. The van der Waals surface area contributed by atoms with Crippen molar-refractivity contribution >= 4 is 17.7 Å². The molecule has 1 heterocycles. The Hall–Kier alpha value is -1.16. The lowest BCUT2D eigenvalue weighted by Crippen LogP contribution is -2.36. The number of benzene rings is 1. The molecule has 4 heteroatoms. The zero-order valence-corrected chi connectivity index (χ0v) is 10.7. The smallest absolute Gasteiger partial charge is 0.251 e. The van der Waals surface area contributed by atoms with Crippen LogP contribution in [0, 0.1) is 0 Å². The summed E-state index contributed by atoms with van der Waals surface area (Å²) >= 11 is 1.92. The van der Waals surface area contributed by atoms with Gasteiger partial charge in [0.05, 0.1) is 0 Å². The Bertz CT molecular complexity index is 414. The molecular formula is C13H17NO2S. The number of phenols is 1. The number of carbonyl (C=O) groups excluding carboxylic acids is 1. The predicted octanol–water partition coefficient (Wildman–Crippen LogP) is 2.41. The van der Waals surface area contributed by atoms with Crippen LogP contribution in [0.2, 0.25) is 0 Å². The Morgan fingerprint density at radius 3 is 3.06 bits per heavy atom. The summed E-state index contributed by atoms with van der Waals surface area (Å²) in [6.07, 6.45) is 2.38. The Morgan fingerprint density at radius 1 is 1.59 bits per heavy atom. The van der Waals surface area contributed by atoms with Crippen LogP contribution >= 0.6 is 11.8 Å². The average molecular weight is 251 g/mol. The molecule has 1 atom stereocenters. The van der Waals surface area contributed by atoms with Crippen molar-refractivity contribution in [2.45, 2.75) is 24.5 Å². The third kappa shape index (κ3) is 3.16. The van der Waals surface area contributed by atoms with Crippen molar-refractivity contribution in [3.05, 3.63) is 29.8 Å². The third-order valence-electron chi connectivity index (χ3n) is 3.03. The highest BCUT2D eigenvalue weighted by Gasteiger charge is 2.29. The lowest BCUT2D eigenvalue weighted by molar-refractivity contribution is 0.0949. The molecular weight excluding hydrogens is 234 g/mol. The van der Waals surface area contributed by atoms with Crippen molar-refractivity contribution in [1.29, 1.82) is 0 Å². The molecule has 1 fully saturated rings. The summed E-state index contributed by atoms with van der Waals surface area (Å²) in [6, 6.07) is 6.43. The number of amides is 1. The first-order valence-electron chi connectivity index (χ1n) is 5.80. The molecule has 0 aromatic heterocycles. The van der Waals surface area contributed by atoms with Gasteiger partial charge in [0.1, 0.15) is 5.75 Å². The van der Waals surface area contributed by atoms with Gasteiger partial charge in [-0.05, 0) is 43.7 Å². The molecule has 1 saturated heterocycles. The fraction of sp³-hybridized carbons (Fsp3) is 0.462. The monoisotopic (exact) mass is 251 g/mol. The maximum atomic E-state index is 11.9. The van der Waals surface area contributed by atoms with E-state index in [2.05, 4.69) is 12.2 Å². The average Bonchev–Trinajstić information content (AvgIpc) is 2.74. The molecule has 0 aliphatic carbocycles. The van der Waals surface area contributed by atoms with Gasteiger partial charge in [0.15, 0.2) is 0 Å². The van der Waals surface area contributed by atoms with E-state index in [1.807, 2.05) is 11.8 Å². The molecule has 1 aliphatic rings. The van der Waals surface area contributed by atoms with E-state index < -0.39 is 0 Å². The lowest BCUT2D eigenvalue weighted by atomic mass is 10.1. The van der Waals surface area contributed by atoms with Crippen molar-refractivity contribution in [1.82, 2.24) is 5.32 Å². The largest absolute Gasteiger partial charge is 0.508 e. The van der Waals surface area contributed by atoms with Gasteiger partial charge in [0, 0.05) is 16.9 Å². The molecule has 1 unspecified atom stereocenters. The van der Waals surface area contributed by atoms with Crippen molar-refractivity contribution < 1.29 is 9.90 Å². The van der Waals surface area contributed by atoms with Crippen molar-refractivity contribution in [3.8, 4) is 5.75 Å². The number of hydrogen-bond donors (Lipinski definition) is 2. The lowest BCUT2D eigenvalue weighted by Gasteiger charge is -2.22. The quantitative estimate of drug-likeness (QED) is 0.867. The van der Waals surface area contributed by atoms with Crippen LogP contribution in [0.3, 0.4) is 0 Å². The van der Waals surface area contributed by atoms with Gasteiger partial charge in [0.25, 0.3) is 5.91 Å². The van der Waals surface area contributed by atoms with E-state index in [-0.39, 0.29) is 16.4 Å². The van der Waals surface area contributed by atoms with Crippen LogP contribution in [0.4, 0.5) is 0 Å². The Labute approximate surface area is 106 Å². The van der Waals surface area contributed by atoms with Crippen molar-refractivity contribution in [2.24, 2.45) is 0 Å². The number of rotatable bonds is 3. The van der Waals surface area contributed by atoms with Gasteiger partial charge in [-0.15, -0.1) is 0 Å². The van der Waals surface area contributed by atoms with Gasteiger partial charge in [-0.2, -0.15) is 11.8 Å². The Morgan fingerprint density at radius 2 is 2.41 bits per heavy atom. The first kappa shape index (κ1) is 12.3. The predicted molar refractivity (Wildman–Crippen MR) is 70.5 cm³/mol. The molecule has 2 N–H and O–H groups in total. The fourth-order valence-electron chi connectivity index (χ4n) is 1.99. The molecule has 0 radical (unpaired) electrons. The molecule has 2 rings (SSSR count). The molecule has 0 bridgehead atoms. The second-order valence-corrected chi connectivity index (χ2v) is 6.32. The summed E-state index contributed by atoms with van der Waals surface area (Å²) in [4.78, 5) is 11.9. The maximum Gasteiger partial charge on any atom is 0.251 e. The van der Waals surface area contributed by atoms with Crippen LogP contribution in [0.25, 0.3) is 0 Å². The number of phenolic OH excluding ortho intramolecular Hbond substituents is 1. The first-order valence-corrected chi connectivity index (χ1v) is 6.79. The number of carbonyl (C=O) groups is 1. The van der Waals surface area contributed by atoms with Crippen LogP contribution < -0.4 is 5.32 Å². The van der Waals surface area contributed by atoms with Gasteiger partial charge in [-0.3, -0.25) is 4.79 Å². The number of thioether (sulfide) groups is 1. The fourth-order valence-corrected chi connectivity index (χ4v) is 3.24. The molecule has 0 saturated carbocycles. The summed E-state index contributed by atoms with van der Waals surface area (Å²) in [6.45, 7) is 2.87. The zero-order chi connectivity index (χ0) is 12.3. The van der Waals surface area contributed by atoms with Crippen molar-refractivity contribution in [2.75, 3.05) is 12.3 Å². The molecule has 0 spiro atoms. The summed E-state index contributed by atoms with van der Waals surface area (Å²) in [5, 5.41) is 12.2. The number of hydrogen-bond acceptors (Lipinski definition) is 3. The highest BCUT2D eigenvalue weighted by atomic mass is 32.2. The SMILES string of the molecule is CC1(CNC(=O)c2cccc(O)c2)CCCS1. The third-order valence-corrected chi connectivity index (χ3v) is 4.57. The second-order valence-electron chi connectivity index (χ2n) is 4.63. The van der Waals surface area contributed by atoms with E-state index in [9.17, 15) is 9.90 Å². The van der Waals surface area contributed by atoms with E-state index in [1.54, 1.807) is 18.2 Å². The summed E-state index contributed by atoms with van der Waals surface area (Å²) in [5.74, 6) is 1.19. The minimum atomic E-state index is -0.116. The van der Waals surface area contributed by atoms with E-state index in [4.69, 9.17) is 0 Å². The van der Waals surface area contributed by atoms with E-state index in [0.717, 1.165) is 6.42 Å². The van der Waals surface area contributed by atoms with E-state index in [0.29, 0.717) is 12.1 Å². The highest BCUT2D eigenvalue weighted by molar-refractivity contribution is 8.00. The van der Waals surface area contributed by atoms with Gasteiger partial charge in [-0.25, -0.2) is 0 Å². The summed E-state index contributed by atoms with van der Waals surface area (Å²) in [5.41, 5.74) is 0.511. The molecule has 1 amide bonds. The van der Waals surface area contributed by atoms with Crippen LogP contribution in [0.1, 0.15) is 30.1 Å². The molecule has 1 aromatic rings. The maximum absolute atomic E-state index is 11.9. The van der Waals surface area contributed by atoms with Crippen LogP contribution in [-0.2, 0) is 0 Å². The van der Waals surface area contributed by atoms with Gasteiger partial charge in [-0.1, -0.05) is 6.07 Å². The number of aromatic hydroxyl groups is 1. The minimum Gasteiger partial charge on any atom is -0.508 e. The molecule has 1 aromatic carbocycles. The highest BCUT2D eigenvalue weighted by Crippen LogP contribution is 2.36. The van der Waals surface area contributed by atoms with E-state index >= 15 is 0 Å². The molecule has 17 heavy (non-hydrogen) atoms. The summed E-state index contributed by atoms with van der Waals surface area (Å²) < 4.78 is 0.173. The van der Waals surface area contributed by atoms with Crippen LogP contribution in [0.5, 0.6) is 5.75 Å². The van der Waals surface area contributed by atoms with E-state index in [1.165, 1.54) is 18.2 Å². The van der Waals surface area contributed by atoms with Gasteiger partial charge >= 0.3 is 0 Å². The number of nitrogens with one attached hydrogen (secondary N) is 1. The normalized spacial score (nSPS) is 23.6. The Balaban J connectivity index is 1.93. The summed E-state index contributed by atoms with van der Waals surface area (Å²) in [7, 11) is 0. The first-order chi connectivity index (χ1) is 8.09. The van der Waals surface area contributed by atoms with Gasteiger partial charge < -0.3 is 10.4 Å².